The van der Waals surface area contributed by atoms with E-state index in [9.17, 15) is 14.0 Å². The third-order valence-electron chi connectivity index (χ3n) is 3.96. The Balaban J connectivity index is 1.46. The number of carbonyl (C=O) groups excluding carboxylic acids is 2. The van der Waals surface area contributed by atoms with Gasteiger partial charge in [-0.05, 0) is 36.6 Å². The van der Waals surface area contributed by atoms with Crippen molar-refractivity contribution in [3.63, 3.8) is 0 Å². The number of halogens is 1. The first-order valence-electron chi connectivity index (χ1n) is 7.83. The van der Waals surface area contributed by atoms with E-state index in [0.29, 0.717) is 17.8 Å². The fourth-order valence-electron chi connectivity index (χ4n) is 2.43. The largest absolute Gasteiger partial charge is 0.390 e. The van der Waals surface area contributed by atoms with Crippen molar-refractivity contribution in [3.05, 3.63) is 59.4 Å². The highest BCUT2D eigenvalue weighted by Crippen LogP contribution is 2.29. The molecule has 0 bridgehead atoms. The van der Waals surface area contributed by atoms with E-state index in [1.807, 2.05) is 0 Å². The van der Waals surface area contributed by atoms with Gasteiger partial charge >= 0.3 is 0 Å². The highest BCUT2D eigenvalue weighted by atomic mass is 19.1. The molecule has 1 fully saturated rings. The quantitative estimate of drug-likeness (QED) is 0.714. The van der Waals surface area contributed by atoms with Crippen LogP contribution in [-0.4, -0.2) is 39.5 Å². The normalized spacial score (nSPS) is 18.5. The van der Waals surface area contributed by atoms with Crippen LogP contribution < -0.4 is 10.6 Å². The second-order valence-electron chi connectivity index (χ2n) is 5.84. The fourth-order valence-corrected chi connectivity index (χ4v) is 2.43. The van der Waals surface area contributed by atoms with E-state index in [4.69, 9.17) is 5.11 Å². The minimum Gasteiger partial charge on any atom is -0.390 e. The van der Waals surface area contributed by atoms with Crippen LogP contribution in [0.2, 0.25) is 0 Å². The Morgan fingerprint density at radius 3 is 2.80 bits per heavy atom. The maximum absolute atomic E-state index is 12.8. The summed E-state index contributed by atoms with van der Waals surface area (Å²) in [4.78, 5) is 31.7. The Morgan fingerprint density at radius 2 is 2.08 bits per heavy atom. The van der Waals surface area contributed by atoms with E-state index in [0.717, 1.165) is 12.6 Å². The molecule has 2 amide bonds. The van der Waals surface area contributed by atoms with Crippen molar-refractivity contribution in [2.75, 3.05) is 6.54 Å². The molecule has 0 aliphatic heterocycles. The molecule has 0 aromatic carbocycles. The standard InChI is InChI=1S/C17H17FN4O3/c18-12-1-2-14(20-8-12)17(25)21-7-11-6-15(11)22-16(24)10-3-4-19-13(5-10)9-23/h1-5,8,11,15,23H,6-7,9H2,(H,21,25)(H,22,24). The molecule has 8 heteroatoms. The van der Waals surface area contributed by atoms with Crippen molar-refractivity contribution in [1.29, 1.82) is 0 Å². The summed E-state index contributed by atoms with van der Waals surface area (Å²) in [5.74, 6) is -0.968. The lowest BCUT2D eigenvalue weighted by Gasteiger charge is -2.07. The molecule has 130 valence electrons. The van der Waals surface area contributed by atoms with E-state index in [2.05, 4.69) is 20.6 Å². The van der Waals surface area contributed by atoms with Gasteiger partial charge in [0.25, 0.3) is 11.8 Å². The fraction of sp³-hybridized carbons (Fsp3) is 0.294. The van der Waals surface area contributed by atoms with Crippen LogP contribution in [0.25, 0.3) is 0 Å². The van der Waals surface area contributed by atoms with E-state index in [1.54, 1.807) is 6.07 Å². The van der Waals surface area contributed by atoms with Crippen LogP contribution in [0.3, 0.4) is 0 Å². The van der Waals surface area contributed by atoms with Crippen molar-refractivity contribution < 1.29 is 19.1 Å². The van der Waals surface area contributed by atoms with Crippen molar-refractivity contribution in [2.45, 2.75) is 19.1 Å². The average molecular weight is 344 g/mol. The molecule has 0 spiro atoms. The number of aliphatic hydroxyl groups excluding tert-OH is 1. The van der Waals surface area contributed by atoms with Gasteiger partial charge in [-0.25, -0.2) is 9.37 Å². The van der Waals surface area contributed by atoms with Crippen LogP contribution >= 0.6 is 0 Å². The Kier molecular flexibility index (Phi) is 4.99. The van der Waals surface area contributed by atoms with E-state index in [-0.39, 0.29) is 36.1 Å². The van der Waals surface area contributed by atoms with Crippen LogP contribution in [0.5, 0.6) is 0 Å². The zero-order chi connectivity index (χ0) is 17.8. The average Bonchev–Trinajstić information content (AvgIpc) is 3.38. The van der Waals surface area contributed by atoms with Gasteiger partial charge in [0.15, 0.2) is 0 Å². The Morgan fingerprint density at radius 1 is 1.24 bits per heavy atom. The number of nitrogens with one attached hydrogen (secondary N) is 2. The predicted octanol–water partition coefficient (Wildman–Crippen LogP) is 0.656. The van der Waals surface area contributed by atoms with E-state index < -0.39 is 5.82 Å². The number of hydrogen-bond acceptors (Lipinski definition) is 5. The summed E-state index contributed by atoms with van der Waals surface area (Å²) in [5.41, 5.74) is 1.01. The number of hydrogen-bond donors (Lipinski definition) is 3. The number of aromatic nitrogens is 2. The highest BCUT2D eigenvalue weighted by molar-refractivity contribution is 5.94. The summed E-state index contributed by atoms with van der Waals surface area (Å²) < 4.78 is 12.8. The molecular weight excluding hydrogens is 327 g/mol. The van der Waals surface area contributed by atoms with Gasteiger partial charge in [0.1, 0.15) is 11.5 Å². The summed E-state index contributed by atoms with van der Waals surface area (Å²) in [7, 11) is 0. The van der Waals surface area contributed by atoms with Gasteiger partial charge in [0.05, 0.1) is 18.5 Å². The van der Waals surface area contributed by atoms with E-state index in [1.165, 1.54) is 24.4 Å². The van der Waals surface area contributed by atoms with Crippen LogP contribution in [-0.2, 0) is 6.61 Å². The van der Waals surface area contributed by atoms with Crippen LogP contribution in [0.4, 0.5) is 4.39 Å². The molecule has 0 radical (unpaired) electrons. The summed E-state index contributed by atoms with van der Waals surface area (Å²) >= 11 is 0. The summed E-state index contributed by atoms with van der Waals surface area (Å²) in [6.07, 6.45) is 3.23. The predicted molar refractivity (Wildman–Crippen MR) is 86.0 cm³/mol. The number of nitrogens with zero attached hydrogens (tertiary/aromatic N) is 2. The van der Waals surface area contributed by atoms with Crippen LogP contribution in [0.1, 0.15) is 33.0 Å². The van der Waals surface area contributed by atoms with Gasteiger partial charge in [0.2, 0.25) is 0 Å². The lowest BCUT2D eigenvalue weighted by atomic mass is 10.2. The molecule has 3 N–H and O–H groups in total. The molecule has 2 aromatic rings. The molecule has 7 nitrogen and oxygen atoms in total. The van der Waals surface area contributed by atoms with Crippen molar-refractivity contribution in [2.24, 2.45) is 5.92 Å². The third-order valence-corrected chi connectivity index (χ3v) is 3.96. The molecule has 2 unspecified atom stereocenters. The molecule has 25 heavy (non-hydrogen) atoms. The lowest BCUT2D eigenvalue weighted by molar-refractivity contribution is 0.0946. The van der Waals surface area contributed by atoms with Crippen molar-refractivity contribution in [3.8, 4) is 0 Å². The molecule has 2 heterocycles. The third kappa shape index (κ3) is 4.36. The van der Waals surface area contributed by atoms with Gasteiger partial charge in [-0.1, -0.05) is 0 Å². The van der Waals surface area contributed by atoms with Gasteiger partial charge in [-0.2, -0.15) is 0 Å². The maximum Gasteiger partial charge on any atom is 0.269 e. The first kappa shape index (κ1) is 17.0. The Bertz CT molecular complexity index is 782. The molecular formula is C17H17FN4O3. The summed E-state index contributed by atoms with van der Waals surface area (Å²) in [6.45, 7) is 0.178. The SMILES string of the molecule is O=C(NC1CC1CNC(=O)c1ccc(F)cn1)c1ccnc(CO)c1. The first-order valence-corrected chi connectivity index (χ1v) is 7.83. The zero-order valence-electron chi connectivity index (χ0n) is 13.3. The molecule has 1 aliphatic carbocycles. The van der Waals surface area contributed by atoms with Crippen molar-refractivity contribution >= 4 is 11.8 Å². The summed E-state index contributed by atoms with van der Waals surface area (Å²) in [6, 6.07) is 5.60. The number of carbonyl (C=O) groups is 2. The second-order valence-corrected chi connectivity index (χ2v) is 5.84. The van der Waals surface area contributed by atoms with Gasteiger partial charge < -0.3 is 15.7 Å². The van der Waals surface area contributed by atoms with Gasteiger partial charge in [-0.15, -0.1) is 0 Å². The molecule has 2 aromatic heterocycles. The van der Waals surface area contributed by atoms with Crippen LogP contribution in [0, 0.1) is 11.7 Å². The summed E-state index contributed by atoms with van der Waals surface area (Å²) in [5, 5.41) is 14.7. The molecule has 2 atom stereocenters. The lowest BCUT2D eigenvalue weighted by Crippen LogP contribution is -2.31. The maximum atomic E-state index is 12.8. The minimum absolute atomic E-state index is 0.0141. The smallest absolute Gasteiger partial charge is 0.269 e. The molecule has 1 saturated carbocycles. The highest BCUT2D eigenvalue weighted by Gasteiger charge is 2.38. The monoisotopic (exact) mass is 344 g/mol. The first-order chi connectivity index (χ1) is 12.1. The second kappa shape index (κ2) is 7.35. The molecule has 0 saturated heterocycles. The Labute approximate surface area is 143 Å². The molecule has 1 aliphatic rings. The number of rotatable bonds is 6. The van der Waals surface area contributed by atoms with Gasteiger partial charge in [-0.3, -0.25) is 14.6 Å². The van der Waals surface area contributed by atoms with Crippen LogP contribution in [0.15, 0.2) is 36.7 Å². The zero-order valence-corrected chi connectivity index (χ0v) is 13.3. The molecule has 3 rings (SSSR count). The minimum atomic E-state index is -0.498. The van der Waals surface area contributed by atoms with Gasteiger partial charge in [0, 0.05) is 24.3 Å². The number of pyridine rings is 2. The number of aliphatic hydroxyl groups is 1. The van der Waals surface area contributed by atoms with E-state index >= 15 is 0 Å². The topological polar surface area (TPSA) is 104 Å². The Hall–Kier alpha value is -2.87. The number of amides is 2. The van der Waals surface area contributed by atoms with Crippen molar-refractivity contribution in [1.82, 2.24) is 20.6 Å².